The van der Waals surface area contributed by atoms with Crippen molar-refractivity contribution in [3.63, 3.8) is 0 Å². The van der Waals surface area contributed by atoms with Crippen LogP contribution in [0.3, 0.4) is 0 Å². The van der Waals surface area contributed by atoms with Crippen molar-refractivity contribution >= 4 is 28.3 Å². The maximum absolute atomic E-state index is 13.6. The van der Waals surface area contributed by atoms with E-state index in [0.29, 0.717) is 17.1 Å². The Kier molecular flexibility index (Phi) is 7.33. The fourth-order valence-corrected chi connectivity index (χ4v) is 4.11. The Morgan fingerprint density at radius 2 is 2.13 bits per heavy atom. The zero-order chi connectivity index (χ0) is 21.7. The Balaban J connectivity index is 1.71. The highest BCUT2D eigenvalue weighted by atomic mass is 32.1. The van der Waals surface area contributed by atoms with E-state index in [0.717, 1.165) is 36.4 Å². The summed E-state index contributed by atoms with van der Waals surface area (Å²) in [5.41, 5.74) is 6.01. The van der Waals surface area contributed by atoms with Crippen molar-refractivity contribution in [3.05, 3.63) is 46.5 Å². The molecular formula is C20H25F2N5O2S. The molecule has 0 saturated carbocycles. The van der Waals surface area contributed by atoms with Gasteiger partial charge >= 0.3 is 0 Å². The van der Waals surface area contributed by atoms with E-state index in [1.54, 1.807) is 6.20 Å². The molecule has 3 rings (SSSR count). The quantitative estimate of drug-likeness (QED) is 0.614. The number of benzene rings is 1. The Bertz CT molecular complexity index is 907. The molecule has 0 spiro atoms. The summed E-state index contributed by atoms with van der Waals surface area (Å²) in [6.45, 7) is 1.02. The van der Waals surface area contributed by atoms with E-state index in [1.807, 2.05) is 11.9 Å². The van der Waals surface area contributed by atoms with Gasteiger partial charge in [-0.25, -0.2) is 13.8 Å². The van der Waals surface area contributed by atoms with Crippen LogP contribution in [0, 0.1) is 11.6 Å². The Labute approximate surface area is 177 Å². The summed E-state index contributed by atoms with van der Waals surface area (Å²) in [7, 11) is 1.88. The number of piperidine rings is 1. The van der Waals surface area contributed by atoms with Crippen LogP contribution in [0.25, 0.3) is 0 Å². The number of carbonyl (C=O) groups excluding carboxylic acids is 2. The van der Waals surface area contributed by atoms with Crippen LogP contribution in [0.5, 0.6) is 0 Å². The third kappa shape index (κ3) is 5.73. The third-order valence-corrected chi connectivity index (χ3v) is 5.96. The summed E-state index contributed by atoms with van der Waals surface area (Å²) >= 11 is 1.25. The fourth-order valence-electron chi connectivity index (χ4n) is 3.49. The summed E-state index contributed by atoms with van der Waals surface area (Å²) < 4.78 is 26.9. The highest BCUT2D eigenvalue weighted by Crippen LogP contribution is 2.17. The number of hydrogen-bond donors (Lipinski definition) is 3. The molecule has 1 saturated heterocycles. The number of halogens is 2. The first-order valence-corrected chi connectivity index (χ1v) is 10.6. The number of rotatable bonds is 7. The summed E-state index contributed by atoms with van der Waals surface area (Å²) in [5, 5.41) is 5.95. The van der Waals surface area contributed by atoms with Gasteiger partial charge < -0.3 is 16.4 Å². The molecule has 0 aliphatic carbocycles. The van der Waals surface area contributed by atoms with Crippen LogP contribution in [0.4, 0.5) is 13.9 Å². The molecule has 0 radical (unpaired) electrons. The minimum atomic E-state index is -0.995. The minimum absolute atomic E-state index is 0.0377. The highest BCUT2D eigenvalue weighted by Gasteiger charge is 2.30. The van der Waals surface area contributed by atoms with Crippen LogP contribution in [0.2, 0.25) is 0 Å². The summed E-state index contributed by atoms with van der Waals surface area (Å²) in [6.07, 6.45) is 4.28. The van der Waals surface area contributed by atoms with Crippen molar-refractivity contribution in [2.75, 3.05) is 19.3 Å². The molecule has 1 aliphatic heterocycles. The van der Waals surface area contributed by atoms with Crippen LogP contribution in [-0.2, 0) is 22.6 Å². The van der Waals surface area contributed by atoms with E-state index >= 15 is 0 Å². The van der Waals surface area contributed by atoms with Crippen LogP contribution in [-0.4, -0.2) is 47.4 Å². The van der Waals surface area contributed by atoms with Gasteiger partial charge in [-0.1, -0.05) is 12.5 Å². The molecular weight excluding hydrogens is 412 g/mol. The lowest BCUT2D eigenvalue weighted by Gasteiger charge is -2.32. The number of carbonyl (C=O) groups is 2. The smallest absolute Gasteiger partial charge is 0.243 e. The summed E-state index contributed by atoms with van der Waals surface area (Å²) in [4.78, 5) is 32.3. The number of amides is 2. The van der Waals surface area contributed by atoms with Crippen molar-refractivity contribution in [2.24, 2.45) is 0 Å². The number of thiazole rings is 1. The van der Waals surface area contributed by atoms with E-state index in [-0.39, 0.29) is 24.9 Å². The first-order valence-electron chi connectivity index (χ1n) is 9.76. The Morgan fingerprint density at radius 1 is 1.33 bits per heavy atom. The number of likely N-dealkylation sites (tertiary alicyclic amines) is 1. The lowest BCUT2D eigenvalue weighted by molar-refractivity contribution is -0.132. The molecule has 0 bridgehead atoms. The van der Waals surface area contributed by atoms with Crippen molar-refractivity contribution in [1.29, 1.82) is 0 Å². The van der Waals surface area contributed by atoms with E-state index in [4.69, 9.17) is 5.73 Å². The van der Waals surface area contributed by atoms with E-state index in [9.17, 15) is 18.4 Å². The highest BCUT2D eigenvalue weighted by molar-refractivity contribution is 7.15. The lowest BCUT2D eigenvalue weighted by Crippen LogP contribution is -2.54. The molecule has 162 valence electrons. The normalized spacial score (nSPS) is 18.0. The van der Waals surface area contributed by atoms with E-state index < -0.39 is 23.6 Å². The molecule has 30 heavy (non-hydrogen) atoms. The molecule has 2 amide bonds. The predicted molar refractivity (Wildman–Crippen MR) is 111 cm³/mol. The van der Waals surface area contributed by atoms with E-state index in [1.165, 1.54) is 17.4 Å². The molecule has 1 fully saturated rings. The number of likely N-dealkylation sites (N-methyl/N-ethyl adjacent to an activating group) is 1. The van der Waals surface area contributed by atoms with Crippen LogP contribution < -0.4 is 16.4 Å². The number of hydrogen-bond acceptors (Lipinski definition) is 6. The average molecular weight is 438 g/mol. The molecule has 2 aromatic rings. The third-order valence-electron chi connectivity index (χ3n) is 5.14. The van der Waals surface area contributed by atoms with Crippen LogP contribution in [0.1, 0.15) is 29.7 Å². The van der Waals surface area contributed by atoms with Crippen molar-refractivity contribution in [2.45, 2.75) is 44.3 Å². The maximum Gasteiger partial charge on any atom is 0.243 e. The van der Waals surface area contributed by atoms with Gasteiger partial charge in [-0.05, 0) is 44.1 Å². The van der Waals surface area contributed by atoms with Crippen LogP contribution >= 0.6 is 11.3 Å². The molecule has 7 nitrogen and oxygen atoms in total. The fraction of sp³-hybridized carbons (Fsp3) is 0.450. The molecule has 4 N–H and O–H groups in total. The molecule has 2 heterocycles. The first kappa shape index (κ1) is 22.1. The molecule has 1 unspecified atom stereocenters. The van der Waals surface area contributed by atoms with Gasteiger partial charge in [0, 0.05) is 17.5 Å². The topological polar surface area (TPSA) is 100 Å². The number of nitrogens with two attached hydrogens (primary N) is 1. The van der Waals surface area contributed by atoms with Crippen molar-refractivity contribution in [1.82, 2.24) is 20.5 Å². The molecule has 1 aromatic heterocycles. The second-order valence-corrected chi connectivity index (χ2v) is 8.54. The lowest BCUT2D eigenvalue weighted by atomic mass is 10.0. The monoisotopic (exact) mass is 437 g/mol. The second-order valence-electron chi connectivity index (χ2n) is 7.39. The van der Waals surface area contributed by atoms with Crippen LogP contribution in [0.15, 0.2) is 24.4 Å². The zero-order valence-electron chi connectivity index (χ0n) is 16.7. The predicted octanol–water partition coefficient (Wildman–Crippen LogP) is 1.83. The van der Waals surface area contributed by atoms with Gasteiger partial charge in [0.05, 0.1) is 12.6 Å². The van der Waals surface area contributed by atoms with E-state index in [2.05, 4.69) is 15.6 Å². The Morgan fingerprint density at radius 3 is 2.80 bits per heavy atom. The van der Waals surface area contributed by atoms with Gasteiger partial charge in [0.15, 0.2) is 16.8 Å². The largest absolute Gasteiger partial charge is 0.375 e. The van der Waals surface area contributed by atoms with Gasteiger partial charge in [-0.2, -0.15) is 0 Å². The Hall–Kier alpha value is -2.59. The molecule has 2 atom stereocenters. The number of anilines is 1. The van der Waals surface area contributed by atoms with Gasteiger partial charge in [-0.3, -0.25) is 14.5 Å². The number of aromatic nitrogens is 1. The maximum atomic E-state index is 13.6. The first-order chi connectivity index (χ1) is 14.3. The van der Waals surface area contributed by atoms with Crippen molar-refractivity contribution < 1.29 is 18.4 Å². The summed E-state index contributed by atoms with van der Waals surface area (Å²) in [6, 6.07) is 2.21. The van der Waals surface area contributed by atoms with Gasteiger partial charge in [0.1, 0.15) is 6.04 Å². The van der Waals surface area contributed by atoms with Gasteiger partial charge in [0.2, 0.25) is 11.8 Å². The molecule has 1 aromatic carbocycles. The standard InChI is InChI=1S/C20H25F2N5O2S/c1-27-7-3-2-4-17(27)19(29)26-16(9-12-5-6-14(21)15(22)8-12)18(28)24-10-13-11-25-20(23)30-13/h5-6,8,11,16-17H,2-4,7,9-10H2,1H3,(H2,23,25)(H,24,28)(H,26,29)/t16-,17?/m0/s1. The zero-order valence-corrected chi connectivity index (χ0v) is 17.5. The second kappa shape index (κ2) is 9.94. The minimum Gasteiger partial charge on any atom is -0.375 e. The number of nitrogen functional groups attached to an aromatic ring is 1. The molecule has 10 heteroatoms. The SMILES string of the molecule is CN1CCCCC1C(=O)N[C@@H](Cc1ccc(F)c(F)c1)C(=O)NCc1cnc(N)s1. The van der Waals surface area contributed by atoms with Gasteiger partial charge in [-0.15, -0.1) is 11.3 Å². The number of nitrogens with one attached hydrogen (secondary N) is 2. The van der Waals surface area contributed by atoms with Gasteiger partial charge in [0.25, 0.3) is 0 Å². The van der Waals surface area contributed by atoms with Crippen molar-refractivity contribution in [3.8, 4) is 0 Å². The summed E-state index contributed by atoms with van der Waals surface area (Å²) in [5.74, 6) is -2.62. The average Bonchev–Trinajstić information content (AvgIpc) is 3.14. The number of nitrogens with zero attached hydrogens (tertiary/aromatic N) is 2. The molecule has 1 aliphatic rings.